The van der Waals surface area contributed by atoms with Crippen molar-refractivity contribution in [2.75, 3.05) is 11.1 Å². The molecule has 0 aliphatic rings. The number of carbonyl (C=O) groups is 1. The number of thioether (sulfide) groups is 1. The average Bonchev–Trinajstić information content (AvgIpc) is 3.09. The predicted molar refractivity (Wildman–Crippen MR) is 125 cm³/mol. The molecule has 0 aliphatic heterocycles. The van der Waals surface area contributed by atoms with E-state index in [4.69, 9.17) is 0 Å². The van der Waals surface area contributed by atoms with Crippen LogP contribution in [0.4, 0.5) is 5.69 Å². The quantitative estimate of drug-likeness (QED) is 0.407. The lowest BCUT2D eigenvalue weighted by molar-refractivity contribution is -0.113. The van der Waals surface area contributed by atoms with Gasteiger partial charge in [-0.3, -0.25) is 9.36 Å². The Hall–Kier alpha value is -2.86. The summed E-state index contributed by atoms with van der Waals surface area (Å²) in [6.45, 7) is 13.0. The van der Waals surface area contributed by atoms with Crippen LogP contribution in [0, 0.1) is 6.92 Å². The van der Waals surface area contributed by atoms with Crippen molar-refractivity contribution in [3.8, 4) is 11.4 Å². The van der Waals surface area contributed by atoms with Crippen LogP contribution in [0.3, 0.4) is 0 Å². The molecule has 0 spiro atoms. The van der Waals surface area contributed by atoms with E-state index in [1.807, 2.05) is 41.8 Å². The number of aryl methyl sites for hydroxylation is 1. The van der Waals surface area contributed by atoms with E-state index in [9.17, 15) is 4.79 Å². The lowest BCUT2D eigenvalue weighted by Gasteiger charge is -2.19. The summed E-state index contributed by atoms with van der Waals surface area (Å²) in [5.74, 6) is 0.957. The second kappa shape index (κ2) is 9.30. The van der Waals surface area contributed by atoms with Crippen LogP contribution in [0.1, 0.15) is 31.9 Å². The number of nitrogens with one attached hydrogen (secondary N) is 1. The van der Waals surface area contributed by atoms with Gasteiger partial charge in [-0.05, 0) is 35.6 Å². The highest BCUT2D eigenvalue weighted by molar-refractivity contribution is 7.99. The predicted octanol–water partition coefficient (Wildman–Crippen LogP) is 5.47. The molecule has 1 aromatic heterocycles. The molecular weight excluding hydrogens is 392 g/mol. The number of hydrogen-bond acceptors (Lipinski definition) is 4. The normalized spacial score (nSPS) is 11.3. The van der Waals surface area contributed by atoms with Crippen molar-refractivity contribution in [3.05, 3.63) is 72.3 Å². The molecule has 0 saturated carbocycles. The number of anilines is 1. The molecule has 0 radical (unpaired) electrons. The first-order valence-electron chi connectivity index (χ1n) is 9.92. The zero-order valence-corrected chi connectivity index (χ0v) is 18.8. The summed E-state index contributed by atoms with van der Waals surface area (Å²) in [7, 11) is 0. The molecule has 5 nitrogen and oxygen atoms in total. The highest BCUT2D eigenvalue weighted by Crippen LogP contribution is 2.28. The van der Waals surface area contributed by atoms with Gasteiger partial charge in [0, 0.05) is 17.8 Å². The van der Waals surface area contributed by atoms with E-state index >= 15 is 0 Å². The molecule has 6 heteroatoms. The minimum atomic E-state index is -0.0742. The molecule has 2 aromatic carbocycles. The van der Waals surface area contributed by atoms with E-state index < -0.39 is 0 Å². The van der Waals surface area contributed by atoms with Crippen LogP contribution in [0.15, 0.2) is 66.3 Å². The summed E-state index contributed by atoms with van der Waals surface area (Å²) in [6, 6.07) is 16.2. The number of benzene rings is 2. The van der Waals surface area contributed by atoms with E-state index in [1.54, 1.807) is 0 Å². The fourth-order valence-corrected chi connectivity index (χ4v) is 3.82. The second-order valence-corrected chi connectivity index (χ2v) is 9.18. The first-order chi connectivity index (χ1) is 14.3. The average molecular weight is 421 g/mol. The first kappa shape index (κ1) is 21.8. The summed E-state index contributed by atoms with van der Waals surface area (Å²) in [5, 5.41) is 12.3. The van der Waals surface area contributed by atoms with Crippen LogP contribution < -0.4 is 5.32 Å². The number of rotatable bonds is 7. The number of amides is 1. The van der Waals surface area contributed by atoms with Gasteiger partial charge in [0.15, 0.2) is 11.0 Å². The van der Waals surface area contributed by atoms with Crippen molar-refractivity contribution in [3.63, 3.8) is 0 Å². The van der Waals surface area contributed by atoms with Crippen LogP contribution in [0.2, 0.25) is 0 Å². The molecule has 3 rings (SSSR count). The van der Waals surface area contributed by atoms with Gasteiger partial charge in [0.2, 0.25) is 5.91 Å². The van der Waals surface area contributed by atoms with Gasteiger partial charge >= 0.3 is 0 Å². The summed E-state index contributed by atoms with van der Waals surface area (Å²) < 4.78 is 1.99. The van der Waals surface area contributed by atoms with Crippen LogP contribution in [0.5, 0.6) is 0 Å². The van der Waals surface area contributed by atoms with Crippen LogP contribution in [0.25, 0.3) is 11.4 Å². The van der Waals surface area contributed by atoms with Gasteiger partial charge < -0.3 is 5.32 Å². The van der Waals surface area contributed by atoms with E-state index in [2.05, 4.69) is 67.1 Å². The van der Waals surface area contributed by atoms with Gasteiger partial charge in [0.25, 0.3) is 0 Å². The topological polar surface area (TPSA) is 59.8 Å². The van der Waals surface area contributed by atoms with Gasteiger partial charge in [-0.1, -0.05) is 75.0 Å². The minimum Gasteiger partial charge on any atom is -0.325 e. The number of nitrogens with zero attached hydrogens (tertiary/aromatic N) is 3. The summed E-state index contributed by atoms with van der Waals surface area (Å²) >= 11 is 1.37. The van der Waals surface area contributed by atoms with Crippen molar-refractivity contribution in [2.45, 2.75) is 44.8 Å². The number of aromatic nitrogens is 3. The monoisotopic (exact) mass is 420 g/mol. The number of allylic oxidation sites excluding steroid dienone is 1. The fourth-order valence-electron chi connectivity index (χ4n) is 3.07. The maximum absolute atomic E-state index is 12.4. The van der Waals surface area contributed by atoms with Crippen molar-refractivity contribution in [2.24, 2.45) is 0 Å². The second-order valence-electron chi connectivity index (χ2n) is 8.24. The standard InChI is InChI=1S/C24H28N4OS/c1-6-14-28-22(18-10-12-19(13-11-18)24(3,4)5)26-27-23(28)30-16-21(29)25-20-9-7-8-17(2)15-20/h6-13,15H,1,14,16H2,2-5H3,(H,25,29). The molecule has 1 heterocycles. The van der Waals surface area contributed by atoms with E-state index in [0.717, 1.165) is 22.6 Å². The molecule has 0 saturated heterocycles. The molecule has 0 unspecified atom stereocenters. The van der Waals surface area contributed by atoms with Crippen LogP contribution >= 0.6 is 11.8 Å². The maximum Gasteiger partial charge on any atom is 0.234 e. The van der Waals surface area contributed by atoms with E-state index in [-0.39, 0.29) is 17.1 Å². The Morgan fingerprint density at radius 1 is 1.17 bits per heavy atom. The Morgan fingerprint density at radius 2 is 1.90 bits per heavy atom. The molecule has 0 bridgehead atoms. The van der Waals surface area contributed by atoms with E-state index in [0.29, 0.717) is 11.7 Å². The maximum atomic E-state index is 12.4. The van der Waals surface area contributed by atoms with Gasteiger partial charge in [-0.15, -0.1) is 16.8 Å². The minimum absolute atomic E-state index is 0.0742. The Morgan fingerprint density at radius 3 is 2.53 bits per heavy atom. The summed E-state index contributed by atoms with van der Waals surface area (Å²) in [5.41, 5.74) is 4.26. The molecule has 0 fully saturated rings. The Kier molecular flexibility index (Phi) is 6.77. The van der Waals surface area contributed by atoms with E-state index in [1.165, 1.54) is 17.3 Å². The highest BCUT2D eigenvalue weighted by atomic mass is 32.2. The lowest BCUT2D eigenvalue weighted by Crippen LogP contribution is -2.14. The van der Waals surface area contributed by atoms with Crippen molar-refractivity contribution >= 4 is 23.4 Å². The zero-order valence-electron chi connectivity index (χ0n) is 18.0. The fraction of sp³-hybridized carbons (Fsp3) is 0.292. The first-order valence-corrected chi connectivity index (χ1v) is 10.9. The number of carbonyl (C=O) groups excluding carboxylic acids is 1. The van der Waals surface area contributed by atoms with Gasteiger partial charge in [-0.25, -0.2) is 0 Å². The van der Waals surface area contributed by atoms with Crippen molar-refractivity contribution < 1.29 is 4.79 Å². The summed E-state index contributed by atoms with van der Waals surface area (Å²) in [4.78, 5) is 12.4. The smallest absolute Gasteiger partial charge is 0.234 e. The lowest BCUT2D eigenvalue weighted by atomic mass is 9.87. The van der Waals surface area contributed by atoms with Crippen molar-refractivity contribution in [1.29, 1.82) is 0 Å². The molecule has 3 aromatic rings. The zero-order chi connectivity index (χ0) is 21.7. The third-order valence-corrected chi connectivity index (χ3v) is 5.64. The molecule has 0 atom stereocenters. The Bertz CT molecular complexity index is 1030. The highest BCUT2D eigenvalue weighted by Gasteiger charge is 2.17. The SMILES string of the molecule is C=CCn1c(SCC(=O)Nc2cccc(C)c2)nnc1-c1ccc(C(C)(C)C)cc1. The Balaban J connectivity index is 1.74. The summed E-state index contributed by atoms with van der Waals surface area (Å²) in [6.07, 6.45) is 1.81. The van der Waals surface area contributed by atoms with Crippen LogP contribution in [-0.4, -0.2) is 26.4 Å². The van der Waals surface area contributed by atoms with Gasteiger partial charge in [0.1, 0.15) is 0 Å². The molecule has 0 aliphatic carbocycles. The molecular formula is C24H28N4OS. The largest absolute Gasteiger partial charge is 0.325 e. The number of hydrogen-bond donors (Lipinski definition) is 1. The molecule has 30 heavy (non-hydrogen) atoms. The third kappa shape index (κ3) is 5.39. The molecule has 1 amide bonds. The third-order valence-electron chi connectivity index (χ3n) is 4.67. The van der Waals surface area contributed by atoms with Crippen LogP contribution in [-0.2, 0) is 16.8 Å². The van der Waals surface area contributed by atoms with Crippen molar-refractivity contribution in [1.82, 2.24) is 14.8 Å². The molecule has 1 N–H and O–H groups in total. The van der Waals surface area contributed by atoms with Gasteiger partial charge in [0.05, 0.1) is 5.75 Å². The van der Waals surface area contributed by atoms with Gasteiger partial charge in [-0.2, -0.15) is 0 Å². The molecule has 156 valence electrons. The Labute approximate surface area is 182 Å².